The van der Waals surface area contributed by atoms with Gasteiger partial charge in [0.2, 0.25) is 0 Å². The molecule has 0 radical (unpaired) electrons. The summed E-state index contributed by atoms with van der Waals surface area (Å²) in [5, 5.41) is 13.2. The topological polar surface area (TPSA) is 33.1 Å². The van der Waals surface area contributed by atoms with Crippen molar-refractivity contribution in [2.75, 3.05) is 5.75 Å². The molecule has 1 aromatic heterocycles. The lowest BCUT2D eigenvalue weighted by molar-refractivity contribution is 0.170. The molecular weight excluding hydrogens is 242 g/mol. The van der Waals surface area contributed by atoms with Gasteiger partial charge in [0.1, 0.15) is 0 Å². The molecule has 2 aromatic rings. The number of nitrogens with zero attached hydrogens (tertiary/aromatic N) is 1. The summed E-state index contributed by atoms with van der Waals surface area (Å²) in [6, 6.07) is 8.10. The number of aliphatic hydroxyl groups excluding tert-OH is 1. The van der Waals surface area contributed by atoms with Crippen LogP contribution in [-0.4, -0.2) is 21.1 Å². The van der Waals surface area contributed by atoms with Crippen LogP contribution < -0.4 is 0 Å². The van der Waals surface area contributed by atoms with Gasteiger partial charge in [-0.15, -0.1) is 0 Å². The molecule has 3 heteroatoms. The fourth-order valence-electron chi connectivity index (χ4n) is 2.62. The summed E-state index contributed by atoms with van der Waals surface area (Å²) in [6.45, 7) is 0. The zero-order chi connectivity index (χ0) is 12.4. The predicted molar refractivity (Wildman–Crippen MR) is 76.8 cm³/mol. The van der Waals surface area contributed by atoms with Crippen LogP contribution in [-0.2, 0) is 0 Å². The SMILES string of the molecule is OC(c1cccc2cnccc12)C1CCCCS1. The number of hydrogen-bond donors (Lipinski definition) is 1. The van der Waals surface area contributed by atoms with Crippen LogP contribution in [0.15, 0.2) is 36.7 Å². The second-order valence-electron chi connectivity index (χ2n) is 4.79. The zero-order valence-electron chi connectivity index (χ0n) is 10.2. The Morgan fingerprint density at radius 1 is 1.28 bits per heavy atom. The van der Waals surface area contributed by atoms with Crippen LogP contribution >= 0.6 is 11.8 Å². The highest BCUT2D eigenvalue weighted by atomic mass is 32.2. The maximum atomic E-state index is 10.6. The van der Waals surface area contributed by atoms with Gasteiger partial charge >= 0.3 is 0 Å². The summed E-state index contributed by atoms with van der Waals surface area (Å²) in [6.07, 6.45) is 6.94. The van der Waals surface area contributed by atoms with E-state index in [1.807, 2.05) is 42.2 Å². The molecule has 2 heterocycles. The normalized spacial score (nSPS) is 21.9. The first-order chi connectivity index (χ1) is 8.86. The van der Waals surface area contributed by atoms with Crippen molar-refractivity contribution in [3.8, 4) is 0 Å². The molecule has 1 aromatic carbocycles. The third-order valence-corrected chi connectivity index (χ3v) is 5.05. The van der Waals surface area contributed by atoms with E-state index in [4.69, 9.17) is 0 Å². The van der Waals surface area contributed by atoms with Crippen molar-refractivity contribution in [1.29, 1.82) is 0 Å². The summed E-state index contributed by atoms with van der Waals surface area (Å²) in [7, 11) is 0. The van der Waals surface area contributed by atoms with Crippen LogP contribution in [0.5, 0.6) is 0 Å². The third kappa shape index (κ3) is 2.25. The number of fused-ring (bicyclic) bond motifs is 1. The first-order valence-electron chi connectivity index (χ1n) is 6.48. The molecule has 1 saturated heterocycles. The van der Waals surface area contributed by atoms with Gasteiger partial charge in [0.05, 0.1) is 6.10 Å². The van der Waals surface area contributed by atoms with Crippen molar-refractivity contribution in [3.63, 3.8) is 0 Å². The average molecular weight is 259 g/mol. The van der Waals surface area contributed by atoms with E-state index in [9.17, 15) is 5.11 Å². The molecule has 0 bridgehead atoms. The van der Waals surface area contributed by atoms with Gasteiger partial charge in [-0.3, -0.25) is 4.98 Å². The van der Waals surface area contributed by atoms with Crippen LogP contribution in [0, 0.1) is 0 Å². The fourth-order valence-corrected chi connectivity index (χ4v) is 3.96. The molecular formula is C15H17NOS. The summed E-state index contributed by atoms with van der Waals surface area (Å²) in [5.41, 5.74) is 1.05. The minimum atomic E-state index is -0.360. The second-order valence-corrected chi connectivity index (χ2v) is 6.14. The minimum absolute atomic E-state index is 0.345. The molecule has 18 heavy (non-hydrogen) atoms. The highest BCUT2D eigenvalue weighted by Gasteiger charge is 2.24. The van der Waals surface area contributed by atoms with Crippen molar-refractivity contribution < 1.29 is 5.11 Å². The lowest BCUT2D eigenvalue weighted by Crippen LogP contribution is -2.19. The van der Waals surface area contributed by atoms with Gasteiger partial charge in [-0.25, -0.2) is 0 Å². The molecule has 0 spiro atoms. The van der Waals surface area contributed by atoms with Gasteiger partial charge in [-0.05, 0) is 35.6 Å². The number of thioether (sulfide) groups is 1. The monoisotopic (exact) mass is 259 g/mol. The van der Waals surface area contributed by atoms with Crippen LogP contribution in [0.2, 0.25) is 0 Å². The maximum Gasteiger partial charge on any atom is 0.0914 e. The van der Waals surface area contributed by atoms with E-state index in [1.54, 1.807) is 6.20 Å². The minimum Gasteiger partial charge on any atom is -0.387 e. The van der Waals surface area contributed by atoms with Crippen molar-refractivity contribution in [2.45, 2.75) is 30.6 Å². The van der Waals surface area contributed by atoms with Crippen LogP contribution in [0.25, 0.3) is 10.8 Å². The van der Waals surface area contributed by atoms with Gasteiger partial charge in [-0.2, -0.15) is 11.8 Å². The van der Waals surface area contributed by atoms with Crippen molar-refractivity contribution >= 4 is 22.5 Å². The smallest absolute Gasteiger partial charge is 0.0914 e. The summed E-state index contributed by atoms with van der Waals surface area (Å²) < 4.78 is 0. The van der Waals surface area contributed by atoms with Crippen LogP contribution in [0.1, 0.15) is 30.9 Å². The lowest BCUT2D eigenvalue weighted by atomic mass is 9.97. The Labute approximate surface area is 111 Å². The van der Waals surface area contributed by atoms with Crippen molar-refractivity contribution in [2.24, 2.45) is 0 Å². The van der Waals surface area contributed by atoms with Crippen molar-refractivity contribution in [1.82, 2.24) is 4.98 Å². The average Bonchev–Trinajstić information content (AvgIpc) is 2.47. The van der Waals surface area contributed by atoms with Gasteiger partial charge in [-0.1, -0.05) is 24.6 Å². The summed E-state index contributed by atoms with van der Waals surface area (Å²) >= 11 is 1.91. The van der Waals surface area contributed by atoms with E-state index in [-0.39, 0.29) is 6.10 Å². The van der Waals surface area contributed by atoms with Gasteiger partial charge < -0.3 is 5.11 Å². The Kier molecular flexibility index (Phi) is 3.52. The lowest BCUT2D eigenvalue weighted by Gasteiger charge is -2.27. The predicted octanol–water partition coefficient (Wildman–Crippen LogP) is 3.55. The molecule has 1 N–H and O–H groups in total. The molecule has 94 valence electrons. The Balaban J connectivity index is 1.97. The highest BCUT2D eigenvalue weighted by Crippen LogP contribution is 2.36. The summed E-state index contributed by atoms with van der Waals surface area (Å²) in [4.78, 5) is 4.14. The first kappa shape index (κ1) is 12.0. The highest BCUT2D eigenvalue weighted by molar-refractivity contribution is 7.99. The van der Waals surface area contributed by atoms with Crippen molar-refractivity contribution in [3.05, 3.63) is 42.2 Å². The van der Waals surface area contributed by atoms with E-state index >= 15 is 0 Å². The zero-order valence-corrected chi connectivity index (χ0v) is 11.1. The van der Waals surface area contributed by atoms with E-state index in [0.29, 0.717) is 5.25 Å². The standard InChI is InChI=1S/C15H17NOS/c17-15(14-6-1-2-9-18-14)13-5-3-4-11-10-16-8-7-12(11)13/h3-5,7-8,10,14-15,17H,1-2,6,9H2. The van der Waals surface area contributed by atoms with Crippen LogP contribution in [0.3, 0.4) is 0 Å². The molecule has 1 aliphatic rings. The molecule has 3 rings (SSSR count). The Bertz CT molecular complexity index is 532. The third-order valence-electron chi connectivity index (χ3n) is 3.60. The van der Waals surface area contributed by atoms with Gasteiger partial charge in [0.25, 0.3) is 0 Å². The number of aromatic nitrogens is 1. The molecule has 2 nitrogen and oxygen atoms in total. The molecule has 1 fully saturated rings. The number of hydrogen-bond acceptors (Lipinski definition) is 3. The molecule has 0 aliphatic carbocycles. The molecule has 2 atom stereocenters. The van der Waals surface area contributed by atoms with E-state index in [0.717, 1.165) is 22.8 Å². The number of pyridine rings is 1. The molecule has 2 unspecified atom stereocenters. The number of benzene rings is 1. The van der Waals surface area contributed by atoms with Crippen LogP contribution in [0.4, 0.5) is 0 Å². The van der Waals surface area contributed by atoms with Gasteiger partial charge in [0, 0.05) is 23.0 Å². The Morgan fingerprint density at radius 3 is 3.06 bits per heavy atom. The van der Waals surface area contributed by atoms with E-state index in [1.165, 1.54) is 18.6 Å². The molecule has 1 aliphatic heterocycles. The maximum absolute atomic E-state index is 10.6. The number of rotatable bonds is 2. The largest absolute Gasteiger partial charge is 0.387 e. The Morgan fingerprint density at radius 2 is 2.22 bits per heavy atom. The molecule has 0 saturated carbocycles. The van der Waals surface area contributed by atoms with E-state index < -0.39 is 0 Å². The van der Waals surface area contributed by atoms with Gasteiger partial charge in [0.15, 0.2) is 0 Å². The summed E-state index contributed by atoms with van der Waals surface area (Å²) in [5.74, 6) is 1.17. The van der Waals surface area contributed by atoms with E-state index in [2.05, 4.69) is 4.98 Å². The number of aliphatic hydroxyl groups is 1. The first-order valence-corrected chi connectivity index (χ1v) is 7.53. The second kappa shape index (κ2) is 5.29. The Hall–Kier alpha value is -1.06. The quantitative estimate of drug-likeness (QED) is 0.895. The fraction of sp³-hybridized carbons (Fsp3) is 0.400. The molecule has 0 amide bonds.